The van der Waals surface area contributed by atoms with Gasteiger partial charge in [0.25, 0.3) is 17.7 Å². The fourth-order valence-electron chi connectivity index (χ4n) is 9.11. The quantitative estimate of drug-likeness (QED) is 0.0521. The minimum absolute atomic E-state index is 0.00316. The second-order valence-electron chi connectivity index (χ2n) is 21.1. The average molecular weight is 1510 g/mol. The molecule has 0 unspecified atom stereocenters. The summed E-state index contributed by atoms with van der Waals surface area (Å²) >= 11 is 16.6. The van der Waals surface area contributed by atoms with Gasteiger partial charge < -0.3 is 44.7 Å². The molecule has 0 fully saturated rings. The lowest BCUT2D eigenvalue weighted by Gasteiger charge is -2.13. The molecule has 534 valence electrons. The highest BCUT2D eigenvalue weighted by molar-refractivity contribution is 6.32. The largest absolute Gasteiger partial charge is 0.480 e. The molecule has 0 saturated carbocycles. The van der Waals surface area contributed by atoms with Crippen molar-refractivity contribution in [2.45, 2.75) is 18.5 Å². The maximum atomic E-state index is 14.7. The van der Waals surface area contributed by atoms with E-state index in [0.717, 1.165) is 48.5 Å². The molecule has 0 aliphatic carbocycles. The molecule has 104 heavy (non-hydrogen) atoms. The molecule has 0 radical (unpaired) electrons. The summed E-state index contributed by atoms with van der Waals surface area (Å²) in [5.74, 6) is -9.88. The van der Waals surface area contributed by atoms with Crippen molar-refractivity contribution >= 4 is 103 Å². The molecule has 35 heteroatoms. The van der Waals surface area contributed by atoms with Gasteiger partial charge in [-0.2, -0.15) is 43.9 Å². The fraction of sp³-hybridized carbons (Fsp3) is 0.0870. The zero-order chi connectivity index (χ0) is 74.9. The van der Waals surface area contributed by atoms with Gasteiger partial charge in [-0.25, -0.2) is 37.5 Å². The van der Waals surface area contributed by atoms with Crippen molar-refractivity contribution in [1.29, 1.82) is 0 Å². The summed E-state index contributed by atoms with van der Waals surface area (Å²) in [6.45, 7) is -0.140. The SMILES string of the molecule is COc1cnc2ccc(Oc3ccc(NC(=O)c4ccc(Cl)c(C(F)(F)F)c4)cc3F)cc2n1.O=C(Nc1cc(F)c(Oc2ccc3nccnc3c2)c(F)c1F)c1ccc(Cl)c(C(F)(F)F)c1.O=C(Nc1ccc(Oc2ccc3ncc(OCCO)nc3c2)c(F)c1)c1ccc(Cl)c(C(F)(F)F)c1. The van der Waals surface area contributed by atoms with E-state index in [1.165, 1.54) is 80.4 Å². The summed E-state index contributed by atoms with van der Waals surface area (Å²) in [5.41, 5.74) is -2.83. The van der Waals surface area contributed by atoms with Crippen LogP contribution in [0.2, 0.25) is 15.1 Å². The van der Waals surface area contributed by atoms with Gasteiger partial charge >= 0.3 is 18.5 Å². The number of rotatable bonds is 16. The van der Waals surface area contributed by atoms with E-state index in [4.69, 9.17) is 63.6 Å². The number of anilines is 3. The Balaban J connectivity index is 0.000000168. The third-order valence-corrected chi connectivity index (χ3v) is 15.0. The summed E-state index contributed by atoms with van der Waals surface area (Å²) in [6, 6.07) is 28.8. The fourth-order valence-corrected chi connectivity index (χ4v) is 9.78. The molecule has 4 N–H and O–H groups in total. The predicted octanol–water partition coefficient (Wildman–Crippen LogP) is 19.1. The number of aliphatic hydroxyl groups excluding tert-OH is 1. The number of ether oxygens (including phenoxy) is 5. The van der Waals surface area contributed by atoms with Gasteiger partial charge in [-0.1, -0.05) is 34.8 Å². The molecule has 12 aromatic rings. The molecule has 3 heterocycles. The van der Waals surface area contributed by atoms with Gasteiger partial charge in [0.2, 0.25) is 23.3 Å². The van der Waals surface area contributed by atoms with Crippen molar-refractivity contribution in [3.63, 3.8) is 0 Å². The van der Waals surface area contributed by atoms with E-state index in [1.54, 1.807) is 30.3 Å². The van der Waals surface area contributed by atoms with Crippen LogP contribution in [-0.4, -0.2) is 73.1 Å². The number of methoxy groups -OCH3 is 1. The molecule has 3 amide bonds. The van der Waals surface area contributed by atoms with Crippen molar-refractivity contribution < 1.29 is 105 Å². The van der Waals surface area contributed by atoms with Crippen molar-refractivity contribution in [1.82, 2.24) is 29.9 Å². The van der Waals surface area contributed by atoms with E-state index in [0.29, 0.717) is 63.2 Å². The number of amides is 3. The number of carbonyl (C=O) groups is 3. The van der Waals surface area contributed by atoms with Gasteiger partial charge in [0.05, 0.1) is 96.7 Å². The summed E-state index contributed by atoms with van der Waals surface area (Å²) in [5, 5.41) is 13.7. The molecule has 0 spiro atoms. The Morgan fingerprint density at radius 1 is 0.433 bits per heavy atom. The van der Waals surface area contributed by atoms with E-state index in [2.05, 4.69) is 40.5 Å². The average Bonchev–Trinajstić information content (AvgIpc) is 0.797. The van der Waals surface area contributed by atoms with Crippen LogP contribution in [0.25, 0.3) is 33.1 Å². The maximum absolute atomic E-state index is 14.7. The van der Waals surface area contributed by atoms with Crippen LogP contribution in [-0.2, 0) is 18.5 Å². The third kappa shape index (κ3) is 18.5. The lowest BCUT2D eigenvalue weighted by atomic mass is 10.1. The topological polar surface area (TPSA) is 231 Å². The normalized spacial score (nSPS) is 11.4. The Labute approximate surface area is 589 Å². The number of nitrogens with one attached hydrogen (secondary N) is 3. The van der Waals surface area contributed by atoms with Crippen LogP contribution in [0.3, 0.4) is 0 Å². The summed E-state index contributed by atoms with van der Waals surface area (Å²) in [4.78, 5) is 62.0. The minimum Gasteiger partial charge on any atom is -0.480 e. The van der Waals surface area contributed by atoms with E-state index < -0.39 is 114 Å². The Morgan fingerprint density at radius 3 is 1.27 bits per heavy atom. The molecule has 3 aromatic heterocycles. The number of hydrogen-bond acceptors (Lipinski definition) is 15. The third-order valence-electron chi connectivity index (χ3n) is 14.0. The summed E-state index contributed by atoms with van der Waals surface area (Å²) in [7, 11) is 1.45. The Morgan fingerprint density at radius 2 is 0.837 bits per heavy atom. The predicted molar refractivity (Wildman–Crippen MR) is 350 cm³/mol. The molecular formula is C69H40Cl3F14N9O9. The van der Waals surface area contributed by atoms with Crippen LogP contribution in [0.1, 0.15) is 47.8 Å². The number of halogens is 17. The zero-order valence-corrected chi connectivity index (χ0v) is 54.2. The van der Waals surface area contributed by atoms with Crippen molar-refractivity contribution in [2.24, 2.45) is 0 Å². The number of hydrogen-bond donors (Lipinski definition) is 4. The molecule has 0 bridgehead atoms. The highest BCUT2D eigenvalue weighted by Crippen LogP contribution is 2.40. The molecule has 9 aromatic carbocycles. The molecule has 12 rings (SSSR count). The molecule has 0 aliphatic rings. The van der Waals surface area contributed by atoms with Gasteiger partial charge in [-0.05, 0) is 115 Å². The maximum Gasteiger partial charge on any atom is 0.417 e. The Kier molecular flexibility index (Phi) is 22.8. The number of aromatic nitrogens is 6. The van der Waals surface area contributed by atoms with Crippen molar-refractivity contribution in [3.8, 4) is 46.3 Å². The summed E-state index contributed by atoms with van der Waals surface area (Å²) in [6.07, 6.45) is -8.62. The van der Waals surface area contributed by atoms with E-state index >= 15 is 0 Å². The van der Waals surface area contributed by atoms with Gasteiger partial charge in [0.15, 0.2) is 34.8 Å². The number of alkyl halides is 9. The van der Waals surface area contributed by atoms with Crippen LogP contribution in [0, 0.1) is 29.1 Å². The zero-order valence-electron chi connectivity index (χ0n) is 52.0. The number of fused-ring (bicyclic) bond motifs is 3. The first kappa shape index (κ1) is 74.9. The number of benzene rings is 9. The minimum atomic E-state index is -4.86. The Bertz CT molecular complexity index is 5280. The number of nitrogens with zero attached hydrogens (tertiary/aromatic N) is 6. The van der Waals surface area contributed by atoms with E-state index in [-0.39, 0.29) is 70.3 Å². The van der Waals surface area contributed by atoms with Gasteiger partial charge in [-0.15, -0.1) is 0 Å². The first-order valence-corrected chi connectivity index (χ1v) is 30.3. The van der Waals surface area contributed by atoms with Gasteiger partial charge in [0.1, 0.15) is 23.9 Å². The molecule has 0 atom stereocenters. The van der Waals surface area contributed by atoms with Crippen LogP contribution in [0.4, 0.5) is 78.5 Å². The van der Waals surface area contributed by atoms with Crippen LogP contribution in [0.5, 0.6) is 46.3 Å². The summed E-state index contributed by atoms with van der Waals surface area (Å²) < 4.78 is 217. The van der Waals surface area contributed by atoms with Crippen molar-refractivity contribution in [3.05, 3.63) is 254 Å². The lowest BCUT2D eigenvalue weighted by molar-refractivity contribution is -0.138. The van der Waals surface area contributed by atoms with Crippen LogP contribution < -0.4 is 39.6 Å². The van der Waals surface area contributed by atoms with E-state index in [1.807, 2.05) is 5.32 Å². The molecule has 0 saturated heterocycles. The van der Waals surface area contributed by atoms with Gasteiger partial charge in [-0.3, -0.25) is 24.4 Å². The number of aliphatic hydroxyl groups is 1. The smallest absolute Gasteiger partial charge is 0.417 e. The monoisotopic (exact) mass is 1510 g/mol. The highest BCUT2D eigenvalue weighted by atomic mass is 35.5. The molecular weight excluding hydrogens is 1470 g/mol. The second-order valence-corrected chi connectivity index (χ2v) is 22.3. The second kappa shape index (κ2) is 31.7. The molecule has 0 aliphatic heterocycles. The van der Waals surface area contributed by atoms with Crippen LogP contribution in [0.15, 0.2) is 176 Å². The first-order chi connectivity index (χ1) is 49.3. The standard InChI is InChI=1S/C24H16ClF4N3O4.C23H14ClF4N3O3.C22H10ClF6N3O2/c25-17-4-1-13(9-16(17)24(27,28)29)23(34)31-14-2-6-21(18(26)10-14)36-15-3-5-19-20(11-15)32-22(12-30-19)35-8-7-33;1-33-21-11-29-18-6-4-14(10-19(18)31-21)34-20-7-3-13(9-17(20)25)30-22(32)12-2-5-16(24)15(8-12)23(26,27)28;23-13-3-1-10(7-12(13)22(27,28)29)21(33)32-17-9-14(24)20(19(26)18(17)25)34-11-2-4-15-16(8-11)31-6-5-30-15/h1-6,9-12,33H,7-8H2,(H,31,34);2-11H,1H3,(H,30,32);1-9H,(H,32,33). The molecule has 18 nitrogen and oxygen atoms in total. The number of carbonyl (C=O) groups excluding carboxylic acids is 3. The van der Waals surface area contributed by atoms with Crippen LogP contribution >= 0.6 is 34.8 Å². The Hall–Kier alpha value is -11.7. The lowest BCUT2D eigenvalue weighted by Crippen LogP contribution is -2.16. The van der Waals surface area contributed by atoms with Crippen molar-refractivity contribution in [2.75, 3.05) is 36.3 Å². The van der Waals surface area contributed by atoms with Gasteiger partial charge in [0, 0.05) is 76.9 Å². The van der Waals surface area contributed by atoms with E-state index in [9.17, 15) is 75.8 Å². The first-order valence-electron chi connectivity index (χ1n) is 29.2. The highest BCUT2D eigenvalue weighted by Gasteiger charge is 2.36.